The fourth-order valence-electron chi connectivity index (χ4n) is 3.83. The van der Waals surface area contributed by atoms with Gasteiger partial charge in [0, 0.05) is 17.3 Å². The third kappa shape index (κ3) is 3.88. The van der Waals surface area contributed by atoms with Crippen LogP contribution in [0.3, 0.4) is 0 Å². The monoisotopic (exact) mass is 452 g/mol. The molecule has 0 saturated carbocycles. The van der Waals surface area contributed by atoms with Crippen molar-refractivity contribution >= 4 is 23.4 Å². The molecule has 0 atom stereocenters. The molecule has 5 rings (SSSR count). The number of para-hydroxylation sites is 2. The minimum Gasteiger partial charge on any atom is -0.494 e. The van der Waals surface area contributed by atoms with E-state index in [1.807, 2.05) is 66.9 Å². The van der Waals surface area contributed by atoms with Crippen LogP contribution in [0.1, 0.15) is 12.5 Å². The van der Waals surface area contributed by atoms with Gasteiger partial charge in [0.1, 0.15) is 5.69 Å². The first-order valence-corrected chi connectivity index (χ1v) is 10.7. The van der Waals surface area contributed by atoms with Crippen LogP contribution in [0, 0.1) is 5.82 Å². The number of hydrazone groups is 1. The van der Waals surface area contributed by atoms with E-state index in [0.717, 1.165) is 5.69 Å². The number of amides is 1. The number of ether oxygens (including phenoxy) is 1. The molecule has 1 aliphatic heterocycles. The van der Waals surface area contributed by atoms with Gasteiger partial charge in [-0.3, -0.25) is 4.79 Å². The number of hydrogen-bond acceptors (Lipinski definition) is 4. The van der Waals surface area contributed by atoms with Gasteiger partial charge >= 0.3 is 0 Å². The van der Waals surface area contributed by atoms with Gasteiger partial charge in [-0.15, -0.1) is 0 Å². The lowest BCUT2D eigenvalue weighted by molar-refractivity contribution is -0.114. The van der Waals surface area contributed by atoms with Crippen LogP contribution in [-0.4, -0.2) is 28.5 Å². The minimum absolute atomic E-state index is 0.151. The van der Waals surface area contributed by atoms with Crippen molar-refractivity contribution in [1.82, 2.24) is 9.78 Å². The van der Waals surface area contributed by atoms with Crippen molar-refractivity contribution in [3.8, 4) is 22.7 Å². The lowest BCUT2D eigenvalue weighted by Crippen LogP contribution is -2.21. The highest BCUT2D eigenvalue weighted by Crippen LogP contribution is 2.31. The maximum absolute atomic E-state index is 14.5. The Kier molecular flexibility index (Phi) is 5.51. The van der Waals surface area contributed by atoms with Crippen LogP contribution in [0.15, 0.2) is 95.7 Å². The lowest BCUT2D eigenvalue weighted by Gasteiger charge is -2.11. The van der Waals surface area contributed by atoms with Crippen molar-refractivity contribution in [2.75, 3.05) is 12.1 Å². The molecule has 0 unspecified atom stereocenters. The Hall–Kier alpha value is -4.52. The molecule has 34 heavy (non-hydrogen) atoms. The average molecular weight is 452 g/mol. The summed E-state index contributed by atoms with van der Waals surface area (Å²) in [5.74, 6) is -0.570. The Balaban J connectivity index is 1.61. The fourth-order valence-corrected chi connectivity index (χ4v) is 3.83. The van der Waals surface area contributed by atoms with Crippen LogP contribution in [0.5, 0.6) is 5.75 Å². The summed E-state index contributed by atoms with van der Waals surface area (Å²) in [5.41, 5.74) is 4.35. The van der Waals surface area contributed by atoms with Crippen molar-refractivity contribution in [2.45, 2.75) is 6.92 Å². The lowest BCUT2D eigenvalue weighted by atomic mass is 10.0. The SMILES string of the molecule is COc1ccc(-c2nn(-c3ccccc3)cc2/C=C2\C(=O)N(c3ccccc3)N=C2C)cc1F. The van der Waals surface area contributed by atoms with Gasteiger partial charge in [-0.05, 0) is 55.5 Å². The number of anilines is 1. The predicted molar refractivity (Wildman–Crippen MR) is 131 cm³/mol. The summed E-state index contributed by atoms with van der Waals surface area (Å²) in [6.45, 7) is 1.79. The van der Waals surface area contributed by atoms with Crippen molar-refractivity contribution in [2.24, 2.45) is 5.10 Å². The highest BCUT2D eigenvalue weighted by Gasteiger charge is 2.29. The van der Waals surface area contributed by atoms with Crippen molar-refractivity contribution in [1.29, 1.82) is 0 Å². The molecule has 7 heteroatoms. The van der Waals surface area contributed by atoms with Crippen LogP contribution >= 0.6 is 0 Å². The molecule has 4 aromatic rings. The van der Waals surface area contributed by atoms with Gasteiger partial charge < -0.3 is 4.74 Å². The molecule has 2 heterocycles. The van der Waals surface area contributed by atoms with Crippen molar-refractivity contribution in [3.63, 3.8) is 0 Å². The topological polar surface area (TPSA) is 59.7 Å². The van der Waals surface area contributed by atoms with E-state index in [-0.39, 0.29) is 11.7 Å². The van der Waals surface area contributed by atoms with Gasteiger partial charge in [-0.25, -0.2) is 9.07 Å². The molecule has 168 valence electrons. The quantitative estimate of drug-likeness (QED) is 0.376. The molecular weight excluding hydrogens is 431 g/mol. The number of benzene rings is 3. The third-order valence-corrected chi connectivity index (χ3v) is 5.55. The second-order valence-corrected chi connectivity index (χ2v) is 7.76. The molecule has 0 spiro atoms. The maximum atomic E-state index is 14.5. The molecule has 0 aliphatic carbocycles. The minimum atomic E-state index is -0.488. The Morgan fingerprint density at radius 1 is 0.941 bits per heavy atom. The summed E-state index contributed by atoms with van der Waals surface area (Å²) in [4.78, 5) is 13.2. The Bertz CT molecular complexity index is 1430. The van der Waals surface area contributed by atoms with Gasteiger partial charge in [0.15, 0.2) is 11.6 Å². The van der Waals surface area contributed by atoms with E-state index in [9.17, 15) is 9.18 Å². The highest BCUT2D eigenvalue weighted by molar-refractivity contribution is 6.32. The molecule has 1 aromatic heterocycles. The Morgan fingerprint density at radius 2 is 1.62 bits per heavy atom. The second-order valence-electron chi connectivity index (χ2n) is 7.76. The largest absolute Gasteiger partial charge is 0.494 e. The van der Waals surface area contributed by atoms with Crippen LogP contribution < -0.4 is 9.75 Å². The first kappa shape index (κ1) is 21.3. The molecule has 1 aliphatic rings. The smallest absolute Gasteiger partial charge is 0.280 e. The number of carbonyl (C=O) groups is 1. The van der Waals surface area contributed by atoms with Gasteiger partial charge in [0.2, 0.25) is 0 Å². The summed E-state index contributed by atoms with van der Waals surface area (Å²) in [5, 5.41) is 10.6. The van der Waals surface area contributed by atoms with Crippen molar-refractivity contribution in [3.05, 3.63) is 102 Å². The molecule has 0 radical (unpaired) electrons. The highest BCUT2D eigenvalue weighted by atomic mass is 19.1. The summed E-state index contributed by atoms with van der Waals surface area (Å²) in [7, 11) is 1.42. The van der Waals surface area contributed by atoms with E-state index in [0.29, 0.717) is 33.8 Å². The summed E-state index contributed by atoms with van der Waals surface area (Å²) in [6, 6.07) is 23.5. The summed E-state index contributed by atoms with van der Waals surface area (Å²) >= 11 is 0. The number of nitrogens with zero attached hydrogens (tertiary/aromatic N) is 4. The normalized spacial score (nSPS) is 14.6. The van der Waals surface area contributed by atoms with Crippen LogP contribution in [0.4, 0.5) is 10.1 Å². The Labute approximate surface area is 196 Å². The average Bonchev–Trinajstić information content (AvgIpc) is 3.42. The van der Waals surface area contributed by atoms with E-state index in [1.165, 1.54) is 18.2 Å². The zero-order valence-electron chi connectivity index (χ0n) is 18.6. The van der Waals surface area contributed by atoms with Crippen LogP contribution in [0.25, 0.3) is 23.0 Å². The maximum Gasteiger partial charge on any atom is 0.280 e. The first-order chi connectivity index (χ1) is 16.5. The second kappa shape index (κ2) is 8.78. The zero-order valence-corrected chi connectivity index (χ0v) is 18.6. The van der Waals surface area contributed by atoms with Gasteiger partial charge in [-0.2, -0.15) is 15.2 Å². The third-order valence-electron chi connectivity index (χ3n) is 5.55. The fraction of sp³-hybridized carbons (Fsp3) is 0.0741. The molecule has 0 fully saturated rings. The molecule has 6 nitrogen and oxygen atoms in total. The van der Waals surface area contributed by atoms with E-state index >= 15 is 0 Å². The van der Waals surface area contributed by atoms with E-state index < -0.39 is 5.82 Å². The summed E-state index contributed by atoms with van der Waals surface area (Å²) in [6.07, 6.45) is 3.58. The van der Waals surface area contributed by atoms with E-state index in [4.69, 9.17) is 9.84 Å². The van der Waals surface area contributed by atoms with Gasteiger partial charge in [-0.1, -0.05) is 36.4 Å². The predicted octanol–water partition coefficient (Wildman–Crippen LogP) is 5.49. The first-order valence-electron chi connectivity index (χ1n) is 10.7. The van der Waals surface area contributed by atoms with E-state index in [2.05, 4.69) is 5.10 Å². The number of methoxy groups -OCH3 is 1. The molecule has 3 aromatic carbocycles. The summed E-state index contributed by atoms with van der Waals surface area (Å²) < 4.78 is 21.3. The molecular formula is C27H21FN4O2. The van der Waals surface area contributed by atoms with Crippen molar-refractivity contribution < 1.29 is 13.9 Å². The van der Waals surface area contributed by atoms with Crippen LogP contribution in [-0.2, 0) is 4.79 Å². The molecule has 0 bridgehead atoms. The van der Waals surface area contributed by atoms with Gasteiger partial charge in [0.05, 0.1) is 29.8 Å². The Morgan fingerprint density at radius 3 is 2.26 bits per heavy atom. The van der Waals surface area contributed by atoms with Gasteiger partial charge in [0.25, 0.3) is 5.91 Å². The number of rotatable bonds is 5. The number of aromatic nitrogens is 2. The number of halogens is 1. The number of hydrogen-bond donors (Lipinski definition) is 0. The van der Waals surface area contributed by atoms with Crippen LogP contribution in [0.2, 0.25) is 0 Å². The zero-order chi connectivity index (χ0) is 23.7. The molecule has 0 saturated heterocycles. The standard InChI is InChI=1S/C27H21FN4O2/c1-18-23(27(33)32(29-18)22-11-7-4-8-12-22)15-20-17-31(21-9-5-3-6-10-21)30-26(20)19-13-14-25(34-2)24(28)16-19/h3-17H,1-2H3/b23-15-. The van der Waals surface area contributed by atoms with E-state index in [1.54, 1.807) is 29.8 Å². The molecule has 0 N–H and O–H groups in total. The number of carbonyl (C=O) groups excluding carboxylic acids is 1. The molecule has 1 amide bonds.